The van der Waals surface area contributed by atoms with Crippen molar-refractivity contribution in [1.82, 2.24) is 14.5 Å². The monoisotopic (exact) mass is 389 g/mol. The summed E-state index contributed by atoms with van der Waals surface area (Å²) in [6, 6.07) is 0. The maximum atomic E-state index is 13.2. The number of carbonyl (C=O) groups excluding carboxylic acids is 1. The van der Waals surface area contributed by atoms with Gasteiger partial charge in [-0.2, -0.15) is 0 Å². The number of hydrogen-bond donors (Lipinski definition) is 0. The van der Waals surface area contributed by atoms with E-state index in [1.54, 1.807) is 26.9 Å². The van der Waals surface area contributed by atoms with Gasteiger partial charge in [-0.25, -0.2) is 4.98 Å². The molecule has 2 unspecified atom stereocenters. The molecule has 1 aliphatic heterocycles. The van der Waals surface area contributed by atoms with Crippen molar-refractivity contribution in [2.24, 2.45) is 5.92 Å². The molecule has 7 heteroatoms. The minimum Gasteiger partial charge on any atom is -0.345 e. The van der Waals surface area contributed by atoms with Gasteiger partial charge >= 0.3 is 0 Å². The second-order valence-electron chi connectivity index (χ2n) is 7.29. The fourth-order valence-corrected chi connectivity index (χ4v) is 6.43. The van der Waals surface area contributed by atoms with Crippen molar-refractivity contribution in [3.63, 3.8) is 0 Å². The maximum Gasteiger partial charge on any atom is 0.263 e. The summed E-state index contributed by atoms with van der Waals surface area (Å²) in [5, 5.41) is 1.27. The zero-order chi connectivity index (χ0) is 18.4. The van der Waals surface area contributed by atoms with Crippen molar-refractivity contribution in [3.05, 3.63) is 33.4 Å². The summed E-state index contributed by atoms with van der Waals surface area (Å²) >= 11 is 3.08. The van der Waals surface area contributed by atoms with Crippen LogP contribution in [0.5, 0.6) is 0 Å². The summed E-state index contributed by atoms with van der Waals surface area (Å²) in [7, 11) is 1.82. The number of allylic oxidation sites excluding steroid dienone is 1. The molecule has 0 spiro atoms. The molecule has 0 N–H and O–H groups in total. The van der Waals surface area contributed by atoms with Crippen LogP contribution in [0.3, 0.4) is 0 Å². The highest BCUT2D eigenvalue weighted by atomic mass is 32.2. The Labute approximate surface area is 161 Å². The minimum atomic E-state index is -0.157. The van der Waals surface area contributed by atoms with Gasteiger partial charge in [0.25, 0.3) is 5.56 Å². The molecule has 1 amide bonds. The quantitative estimate of drug-likeness (QED) is 0.596. The number of thiophene rings is 1. The van der Waals surface area contributed by atoms with Crippen molar-refractivity contribution < 1.29 is 4.79 Å². The second-order valence-corrected chi connectivity index (χ2v) is 9.54. The molecule has 1 saturated heterocycles. The van der Waals surface area contributed by atoms with E-state index in [0.717, 1.165) is 42.4 Å². The van der Waals surface area contributed by atoms with Crippen LogP contribution in [-0.2, 0) is 24.2 Å². The molecule has 3 heterocycles. The van der Waals surface area contributed by atoms with Gasteiger partial charge in [-0.05, 0) is 37.2 Å². The number of likely N-dealkylation sites (tertiary alicyclic amines) is 1. The van der Waals surface area contributed by atoms with Crippen LogP contribution in [0.15, 0.2) is 22.6 Å². The minimum absolute atomic E-state index is 0.0169. The van der Waals surface area contributed by atoms with Gasteiger partial charge in [0.15, 0.2) is 5.16 Å². The van der Waals surface area contributed by atoms with Crippen LogP contribution >= 0.6 is 23.1 Å². The van der Waals surface area contributed by atoms with Crippen molar-refractivity contribution in [2.75, 3.05) is 13.6 Å². The van der Waals surface area contributed by atoms with E-state index < -0.39 is 0 Å². The molecule has 26 heavy (non-hydrogen) atoms. The molecule has 2 aliphatic rings. The van der Waals surface area contributed by atoms with Crippen molar-refractivity contribution in [3.8, 4) is 0 Å². The van der Waals surface area contributed by atoms with Crippen LogP contribution in [0.25, 0.3) is 10.2 Å². The van der Waals surface area contributed by atoms with Gasteiger partial charge in [-0.1, -0.05) is 24.8 Å². The lowest BCUT2D eigenvalue weighted by Crippen LogP contribution is -2.27. The van der Waals surface area contributed by atoms with Gasteiger partial charge in [0.1, 0.15) is 4.83 Å². The highest BCUT2D eigenvalue weighted by molar-refractivity contribution is 8.00. The number of amides is 1. The number of fused-ring (bicyclic) bond motifs is 3. The molecule has 5 nitrogen and oxygen atoms in total. The van der Waals surface area contributed by atoms with E-state index in [2.05, 4.69) is 13.5 Å². The van der Waals surface area contributed by atoms with E-state index in [9.17, 15) is 9.59 Å². The van der Waals surface area contributed by atoms with Crippen LogP contribution < -0.4 is 5.56 Å². The molecule has 4 rings (SSSR count). The lowest BCUT2D eigenvalue weighted by Gasteiger charge is -2.18. The van der Waals surface area contributed by atoms with Gasteiger partial charge in [0.05, 0.1) is 10.6 Å². The van der Waals surface area contributed by atoms with E-state index in [1.807, 2.05) is 7.05 Å². The number of aromatic nitrogens is 2. The third-order valence-corrected chi connectivity index (χ3v) is 7.71. The zero-order valence-electron chi connectivity index (χ0n) is 15.2. The van der Waals surface area contributed by atoms with Crippen LogP contribution in [0.4, 0.5) is 0 Å². The third kappa shape index (κ3) is 2.91. The second kappa shape index (κ2) is 6.85. The Morgan fingerprint density at radius 2 is 2.19 bits per heavy atom. The summed E-state index contributed by atoms with van der Waals surface area (Å²) in [4.78, 5) is 34.3. The van der Waals surface area contributed by atoms with Gasteiger partial charge in [0.2, 0.25) is 5.91 Å². The molecule has 0 saturated carbocycles. The first-order chi connectivity index (χ1) is 12.5. The average molecular weight is 390 g/mol. The van der Waals surface area contributed by atoms with Crippen LogP contribution in [0.2, 0.25) is 0 Å². The number of hydrogen-bond acceptors (Lipinski definition) is 5. The van der Waals surface area contributed by atoms with Crippen LogP contribution in [0.1, 0.15) is 30.2 Å². The van der Waals surface area contributed by atoms with Crippen molar-refractivity contribution in [1.29, 1.82) is 0 Å². The van der Waals surface area contributed by atoms with E-state index in [1.165, 1.54) is 22.2 Å². The van der Waals surface area contributed by atoms with Crippen LogP contribution in [-0.4, -0.2) is 39.2 Å². The molecule has 1 fully saturated rings. The molecule has 0 bridgehead atoms. The highest BCUT2D eigenvalue weighted by Crippen LogP contribution is 2.37. The SMILES string of the molecule is C=CCn1c(SC2CCN(C)C2=O)nc2sc3c(c2c1=O)CCC(C)C3. The van der Waals surface area contributed by atoms with Gasteiger partial charge in [-0.3, -0.25) is 14.2 Å². The average Bonchev–Trinajstić information content (AvgIpc) is 3.12. The number of rotatable bonds is 4. The van der Waals surface area contributed by atoms with E-state index in [4.69, 9.17) is 4.98 Å². The van der Waals surface area contributed by atoms with Gasteiger partial charge < -0.3 is 4.90 Å². The molecular formula is C19H23N3O2S2. The van der Waals surface area contributed by atoms with Gasteiger partial charge in [-0.15, -0.1) is 17.9 Å². The molecule has 2 atom stereocenters. The number of nitrogens with zero attached hydrogens (tertiary/aromatic N) is 3. The summed E-state index contributed by atoms with van der Waals surface area (Å²) < 4.78 is 1.69. The smallest absolute Gasteiger partial charge is 0.263 e. The number of aryl methyl sites for hydroxylation is 1. The van der Waals surface area contributed by atoms with Crippen molar-refractivity contribution >= 4 is 39.2 Å². The Balaban J connectivity index is 1.82. The summed E-state index contributed by atoms with van der Waals surface area (Å²) in [6.45, 7) is 7.24. The van der Waals surface area contributed by atoms with E-state index >= 15 is 0 Å². The predicted molar refractivity (Wildman–Crippen MR) is 107 cm³/mol. The molecule has 2 aromatic rings. The lowest BCUT2D eigenvalue weighted by atomic mass is 9.89. The Hall–Kier alpha value is -1.60. The Bertz CT molecular complexity index is 946. The number of carbonyl (C=O) groups is 1. The summed E-state index contributed by atoms with van der Waals surface area (Å²) in [5.74, 6) is 0.778. The molecule has 1 aliphatic carbocycles. The molecule has 138 valence electrons. The largest absolute Gasteiger partial charge is 0.345 e. The highest BCUT2D eigenvalue weighted by Gasteiger charge is 2.32. The predicted octanol–water partition coefficient (Wildman–Crippen LogP) is 3.09. The molecular weight excluding hydrogens is 366 g/mol. The first-order valence-corrected chi connectivity index (χ1v) is 10.8. The van der Waals surface area contributed by atoms with Crippen LogP contribution in [0, 0.1) is 5.92 Å². The fraction of sp³-hybridized carbons (Fsp3) is 0.526. The lowest BCUT2D eigenvalue weighted by molar-refractivity contribution is -0.126. The van der Waals surface area contributed by atoms with Gasteiger partial charge in [0, 0.05) is 25.0 Å². The standard InChI is InChI=1S/C19H23N3O2S2/c1-4-8-22-18(24)15-12-6-5-11(2)10-14(12)25-16(15)20-19(22)26-13-7-9-21(3)17(13)23/h4,11,13H,1,5-10H2,2-3H3. The Morgan fingerprint density at radius 1 is 1.38 bits per heavy atom. The summed E-state index contributed by atoms with van der Waals surface area (Å²) in [6.07, 6.45) is 5.63. The Kier molecular flexibility index (Phi) is 4.69. The first-order valence-electron chi connectivity index (χ1n) is 9.07. The first kappa shape index (κ1) is 17.8. The third-order valence-electron chi connectivity index (χ3n) is 5.32. The maximum absolute atomic E-state index is 13.2. The fourth-order valence-electron chi connectivity index (χ4n) is 3.81. The topological polar surface area (TPSA) is 55.2 Å². The number of thioether (sulfide) groups is 1. The van der Waals surface area contributed by atoms with E-state index in [-0.39, 0.29) is 16.7 Å². The molecule has 0 aromatic carbocycles. The Morgan fingerprint density at radius 3 is 2.88 bits per heavy atom. The van der Waals surface area contributed by atoms with E-state index in [0.29, 0.717) is 17.6 Å². The normalized spacial score (nSPS) is 22.8. The molecule has 2 aromatic heterocycles. The van der Waals surface area contributed by atoms with Crippen molar-refractivity contribution in [2.45, 2.75) is 49.6 Å². The molecule has 0 radical (unpaired) electrons. The summed E-state index contributed by atoms with van der Waals surface area (Å²) in [5.41, 5.74) is 1.22. The zero-order valence-corrected chi connectivity index (χ0v) is 16.8.